The summed E-state index contributed by atoms with van der Waals surface area (Å²) in [4.78, 5) is 13.4. The van der Waals surface area contributed by atoms with E-state index < -0.39 is 0 Å². The number of nitrogens with zero attached hydrogens (tertiary/aromatic N) is 3. The lowest BCUT2D eigenvalue weighted by Crippen LogP contribution is -2.32. The lowest BCUT2D eigenvalue weighted by Gasteiger charge is -2.30. The largest absolute Gasteiger partial charge is 0.378 e. The van der Waals surface area contributed by atoms with Gasteiger partial charge in [-0.2, -0.15) is 5.10 Å². The number of hydrogen-bond donors (Lipinski definition) is 1. The van der Waals surface area contributed by atoms with Crippen molar-refractivity contribution in [2.75, 3.05) is 5.32 Å². The normalized spacial score (nSPS) is 19.0. The van der Waals surface area contributed by atoms with Crippen LogP contribution in [0.2, 0.25) is 0 Å². The van der Waals surface area contributed by atoms with Crippen LogP contribution >= 0.6 is 0 Å². The zero-order valence-corrected chi connectivity index (χ0v) is 19.1. The Labute approximate surface area is 185 Å². The minimum atomic E-state index is 0.0871. The van der Waals surface area contributed by atoms with Gasteiger partial charge in [0.2, 0.25) is 0 Å². The summed E-state index contributed by atoms with van der Waals surface area (Å²) in [6.07, 6.45) is 10.4. The van der Waals surface area contributed by atoms with Crippen LogP contribution in [0.25, 0.3) is 11.1 Å². The Morgan fingerprint density at radius 1 is 1.10 bits per heavy atom. The van der Waals surface area contributed by atoms with Crippen LogP contribution in [0.4, 0.5) is 5.69 Å². The van der Waals surface area contributed by atoms with Gasteiger partial charge in [0.15, 0.2) is 0 Å². The molecule has 2 aromatic heterocycles. The standard InChI is InChI=1S/C26H34N4O/c1-18(2)15-30-17-24(22-14-27-29(4)16-22)19(3)25(26(30)31)28-23-12-10-21(11-13-23)20-8-6-5-7-9-20/h5-9,14,16-18,21,23,28H,10-13,15H2,1-4H3. The molecule has 3 aromatic rings. The maximum Gasteiger partial charge on any atom is 0.274 e. The first-order valence-electron chi connectivity index (χ1n) is 11.5. The maximum atomic E-state index is 13.4. The molecule has 4 rings (SSSR count). The van der Waals surface area contributed by atoms with Gasteiger partial charge in [-0.3, -0.25) is 9.48 Å². The topological polar surface area (TPSA) is 51.9 Å². The van der Waals surface area contributed by atoms with Gasteiger partial charge in [-0.1, -0.05) is 44.2 Å². The highest BCUT2D eigenvalue weighted by atomic mass is 16.1. The maximum absolute atomic E-state index is 13.4. The van der Waals surface area contributed by atoms with Crippen LogP contribution in [0, 0.1) is 12.8 Å². The minimum absolute atomic E-state index is 0.0871. The van der Waals surface area contributed by atoms with Crippen molar-refractivity contribution in [2.45, 2.75) is 65.0 Å². The summed E-state index contributed by atoms with van der Waals surface area (Å²) >= 11 is 0. The van der Waals surface area contributed by atoms with E-state index in [1.54, 1.807) is 0 Å². The molecule has 1 aliphatic rings. The van der Waals surface area contributed by atoms with Crippen molar-refractivity contribution in [2.24, 2.45) is 13.0 Å². The molecule has 5 nitrogen and oxygen atoms in total. The van der Waals surface area contributed by atoms with Crippen molar-refractivity contribution in [3.8, 4) is 11.1 Å². The van der Waals surface area contributed by atoms with Gasteiger partial charge in [0.25, 0.3) is 5.56 Å². The third-order valence-corrected chi connectivity index (χ3v) is 6.46. The Bertz CT molecular complexity index is 1070. The van der Waals surface area contributed by atoms with E-state index in [4.69, 9.17) is 0 Å². The number of pyridine rings is 1. The molecule has 0 unspecified atom stereocenters. The van der Waals surface area contributed by atoms with E-state index in [-0.39, 0.29) is 5.56 Å². The molecule has 0 saturated heterocycles. The number of hydrogen-bond acceptors (Lipinski definition) is 3. The first-order chi connectivity index (χ1) is 14.9. The fraction of sp³-hybridized carbons (Fsp3) is 0.462. The van der Waals surface area contributed by atoms with Crippen LogP contribution in [-0.4, -0.2) is 20.4 Å². The molecular weight excluding hydrogens is 384 g/mol. The summed E-state index contributed by atoms with van der Waals surface area (Å²) in [6.45, 7) is 7.06. The molecule has 0 radical (unpaired) electrons. The average molecular weight is 419 g/mol. The van der Waals surface area contributed by atoms with E-state index in [2.05, 4.69) is 61.5 Å². The lowest BCUT2D eigenvalue weighted by molar-refractivity contribution is 0.411. The molecule has 31 heavy (non-hydrogen) atoms. The summed E-state index contributed by atoms with van der Waals surface area (Å²) in [5.74, 6) is 1.02. The van der Waals surface area contributed by atoms with Crippen LogP contribution in [0.3, 0.4) is 0 Å². The summed E-state index contributed by atoms with van der Waals surface area (Å²) in [7, 11) is 1.92. The first kappa shape index (κ1) is 21.4. The van der Waals surface area contributed by atoms with Gasteiger partial charge >= 0.3 is 0 Å². The van der Waals surface area contributed by atoms with Crippen LogP contribution in [0.5, 0.6) is 0 Å². The SMILES string of the molecule is Cc1c(-c2cnn(C)c2)cn(CC(C)C)c(=O)c1NC1CCC(c2ccccc2)CC1. The second kappa shape index (κ2) is 9.13. The highest BCUT2D eigenvalue weighted by Crippen LogP contribution is 2.34. The van der Waals surface area contributed by atoms with Gasteiger partial charge in [-0.15, -0.1) is 0 Å². The van der Waals surface area contributed by atoms with Crippen LogP contribution in [0.15, 0.2) is 53.7 Å². The van der Waals surface area contributed by atoms with E-state index in [1.165, 1.54) is 5.56 Å². The summed E-state index contributed by atoms with van der Waals surface area (Å²) in [6, 6.07) is 11.2. The molecule has 0 atom stereocenters. The molecule has 0 aliphatic heterocycles. The zero-order chi connectivity index (χ0) is 22.0. The lowest BCUT2D eigenvalue weighted by atomic mass is 9.81. The van der Waals surface area contributed by atoms with Gasteiger partial charge in [-0.25, -0.2) is 0 Å². The van der Waals surface area contributed by atoms with Crippen LogP contribution in [-0.2, 0) is 13.6 Å². The van der Waals surface area contributed by atoms with Gasteiger partial charge in [0.05, 0.1) is 6.20 Å². The van der Waals surface area contributed by atoms with Crippen LogP contribution < -0.4 is 10.9 Å². The minimum Gasteiger partial charge on any atom is -0.378 e. The summed E-state index contributed by atoms with van der Waals surface area (Å²) in [5.41, 5.74) is 5.43. The van der Waals surface area contributed by atoms with Crippen molar-refractivity contribution < 1.29 is 0 Å². The number of aryl methyl sites for hydroxylation is 1. The second-order valence-corrected chi connectivity index (χ2v) is 9.40. The summed E-state index contributed by atoms with van der Waals surface area (Å²) < 4.78 is 3.68. The van der Waals surface area contributed by atoms with Crippen molar-refractivity contribution >= 4 is 5.69 Å². The highest BCUT2D eigenvalue weighted by molar-refractivity contribution is 5.71. The Kier molecular flexibility index (Phi) is 6.30. The first-order valence-corrected chi connectivity index (χ1v) is 11.5. The molecule has 1 N–H and O–H groups in total. The van der Waals surface area contributed by atoms with Crippen molar-refractivity contribution in [1.29, 1.82) is 0 Å². The van der Waals surface area contributed by atoms with Gasteiger partial charge < -0.3 is 9.88 Å². The Morgan fingerprint density at radius 3 is 2.42 bits per heavy atom. The molecule has 164 valence electrons. The third kappa shape index (κ3) is 4.76. The van der Waals surface area contributed by atoms with Crippen molar-refractivity contribution in [1.82, 2.24) is 14.3 Å². The smallest absolute Gasteiger partial charge is 0.274 e. The van der Waals surface area contributed by atoms with Gasteiger partial charge in [0.1, 0.15) is 5.69 Å². The van der Waals surface area contributed by atoms with E-state index in [9.17, 15) is 4.79 Å². The molecule has 1 saturated carbocycles. The summed E-state index contributed by atoms with van der Waals surface area (Å²) in [5, 5.41) is 8.00. The monoisotopic (exact) mass is 418 g/mol. The molecule has 1 aliphatic carbocycles. The number of nitrogens with one attached hydrogen (secondary N) is 1. The number of aromatic nitrogens is 3. The highest BCUT2D eigenvalue weighted by Gasteiger charge is 2.24. The van der Waals surface area contributed by atoms with Crippen molar-refractivity contribution in [3.63, 3.8) is 0 Å². The molecule has 1 fully saturated rings. The molecule has 0 amide bonds. The molecule has 0 spiro atoms. The quantitative estimate of drug-likeness (QED) is 0.587. The Balaban J connectivity index is 1.59. The fourth-order valence-electron chi connectivity index (χ4n) is 4.80. The van der Waals surface area contributed by atoms with E-state index in [1.807, 2.05) is 34.9 Å². The van der Waals surface area contributed by atoms with E-state index in [0.29, 0.717) is 24.4 Å². The fourth-order valence-corrected chi connectivity index (χ4v) is 4.80. The average Bonchev–Trinajstić information content (AvgIpc) is 3.20. The predicted octanol–water partition coefficient (Wildman–Crippen LogP) is 5.35. The van der Waals surface area contributed by atoms with Gasteiger partial charge in [-0.05, 0) is 55.6 Å². The number of anilines is 1. The number of rotatable bonds is 6. The Morgan fingerprint density at radius 2 is 1.81 bits per heavy atom. The second-order valence-electron chi connectivity index (χ2n) is 9.40. The molecule has 5 heteroatoms. The third-order valence-electron chi connectivity index (χ3n) is 6.46. The van der Waals surface area contributed by atoms with Crippen LogP contribution in [0.1, 0.15) is 56.6 Å². The number of benzene rings is 1. The van der Waals surface area contributed by atoms with E-state index in [0.717, 1.165) is 48.1 Å². The predicted molar refractivity (Wildman–Crippen MR) is 128 cm³/mol. The molecule has 2 heterocycles. The molecular formula is C26H34N4O. The molecule has 0 bridgehead atoms. The van der Waals surface area contributed by atoms with E-state index >= 15 is 0 Å². The zero-order valence-electron chi connectivity index (χ0n) is 19.1. The van der Waals surface area contributed by atoms with Crippen molar-refractivity contribution in [3.05, 3.63) is 70.4 Å². The van der Waals surface area contributed by atoms with Gasteiger partial charge in [0, 0.05) is 43.2 Å². The Hall–Kier alpha value is -2.82. The molecule has 1 aromatic carbocycles.